The van der Waals surface area contributed by atoms with Crippen molar-refractivity contribution in [2.45, 2.75) is 25.8 Å². The predicted octanol–water partition coefficient (Wildman–Crippen LogP) is 3.37. The van der Waals surface area contributed by atoms with Crippen molar-refractivity contribution in [3.05, 3.63) is 40.6 Å². The first-order chi connectivity index (χ1) is 10.2. The Kier molecular flexibility index (Phi) is 5.05. The van der Waals surface area contributed by atoms with Crippen LogP contribution in [-0.2, 0) is 4.74 Å². The van der Waals surface area contributed by atoms with Crippen molar-refractivity contribution in [2.75, 3.05) is 19.0 Å². The zero-order valence-corrected chi connectivity index (χ0v) is 12.2. The number of methoxy groups -OCH3 is 1. The minimum atomic E-state index is -0.405. The molecular formula is C15H19N3O3. The van der Waals surface area contributed by atoms with Gasteiger partial charge >= 0.3 is 0 Å². The van der Waals surface area contributed by atoms with Gasteiger partial charge in [0.25, 0.3) is 5.69 Å². The summed E-state index contributed by atoms with van der Waals surface area (Å²) in [5, 5.41) is 15.2. The summed E-state index contributed by atoms with van der Waals surface area (Å²) in [4.78, 5) is 14.8. The summed E-state index contributed by atoms with van der Waals surface area (Å²) in [6.07, 6.45) is 3.56. The van der Waals surface area contributed by atoms with E-state index < -0.39 is 4.92 Å². The highest BCUT2D eigenvalue weighted by atomic mass is 16.6. The van der Waals surface area contributed by atoms with E-state index in [-0.39, 0.29) is 11.7 Å². The molecule has 0 spiro atoms. The Morgan fingerprint density at radius 3 is 2.90 bits per heavy atom. The van der Waals surface area contributed by atoms with Crippen molar-refractivity contribution >= 4 is 22.3 Å². The molecule has 21 heavy (non-hydrogen) atoms. The number of hydrogen-bond donors (Lipinski definition) is 1. The van der Waals surface area contributed by atoms with Crippen LogP contribution >= 0.6 is 0 Å². The van der Waals surface area contributed by atoms with Crippen LogP contribution in [0.15, 0.2) is 30.5 Å². The van der Waals surface area contributed by atoms with E-state index in [4.69, 9.17) is 4.74 Å². The predicted molar refractivity (Wildman–Crippen MR) is 82.6 cm³/mol. The number of nitro groups is 1. The molecule has 6 heteroatoms. The lowest BCUT2D eigenvalue weighted by Crippen LogP contribution is -2.24. The van der Waals surface area contributed by atoms with Crippen LogP contribution in [0.5, 0.6) is 0 Å². The number of non-ortho nitro benzene ring substituents is 1. The van der Waals surface area contributed by atoms with E-state index in [0.29, 0.717) is 12.1 Å². The topological polar surface area (TPSA) is 77.3 Å². The van der Waals surface area contributed by atoms with Gasteiger partial charge in [-0.2, -0.15) is 0 Å². The fraction of sp³-hybridized carbons (Fsp3) is 0.400. The van der Waals surface area contributed by atoms with Gasteiger partial charge in [-0.05, 0) is 24.6 Å². The van der Waals surface area contributed by atoms with Crippen molar-refractivity contribution in [1.29, 1.82) is 0 Å². The second kappa shape index (κ2) is 6.99. The van der Waals surface area contributed by atoms with E-state index in [1.807, 2.05) is 6.07 Å². The molecule has 1 aromatic carbocycles. The molecular weight excluding hydrogens is 270 g/mol. The number of anilines is 1. The van der Waals surface area contributed by atoms with Gasteiger partial charge in [0.1, 0.15) is 5.52 Å². The standard InChI is InChI=1S/C15H19N3O3/c1-3-5-11(10-21-2)17-13-7-8-14(18(19)20)15-12(13)6-4-9-16-15/h4,6-9,11,17H,3,5,10H2,1-2H3. The number of nitrogens with one attached hydrogen (secondary N) is 1. The first-order valence-electron chi connectivity index (χ1n) is 6.95. The molecule has 0 bridgehead atoms. The molecule has 0 saturated carbocycles. The average molecular weight is 289 g/mol. The number of rotatable bonds is 7. The van der Waals surface area contributed by atoms with E-state index in [2.05, 4.69) is 17.2 Å². The number of nitro benzene ring substituents is 1. The van der Waals surface area contributed by atoms with E-state index >= 15 is 0 Å². The van der Waals surface area contributed by atoms with Gasteiger partial charge in [0, 0.05) is 36.5 Å². The normalized spacial score (nSPS) is 12.3. The third kappa shape index (κ3) is 3.46. The van der Waals surface area contributed by atoms with Crippen molar-refractivity contribution in [3.8, 4) is 0 Å². The van der Waals surface area contributed by atoms with Crippen LogP contribution < -0.4 is 5.32 Å². The first-order valence-corrected chi connectivity index (χ1v) is 6.95. The number of nitrogens with zero attached hydrogens (tertiary/aromatic N) is 2. The van der Waals surface area contributed by atoms with Crippen LogP contribution in [0.3, 0.4) is 0 Å². The molecule has 0 saturated heterocycles. The highest BCUT2D eigenvalue weighted by Gasteiger charge is 2.17. The van der Waals surface area contributed by atoms with Crippen LogP contribution in [0.25, 0.3) is 10.9 Å². The van der Waals surface area contributed by atoms with Gasteiger partial charge in [0.2, 0.25) is 0 Å². The molecule has 1 N–H and O–H groups in total. The van der Waals surface area contributed by atoms with E-state index in [0.717, 1.165) is 23.9 Å². The summed E-state index contributed by atoms with van der Waals surface area (Å²) in [6.45, 7) is 2.70. The van der Waals surface area contributed by atoms with Gasteiger partial charge in [-0.15, -0.1) is 0 Å². The van der Waals surface area contributed by atoms with Gasteiger partial charge < -0.3 is 10.1 Å². The lowest BCUT2D eigenvalue weighted by atomic mass is 10.1. The molecule has 1 aromatic heterocycles. The van der Waals surface area contributed by atoms with Gasteiger partial charge in [-0.25, -0.2) is 4.98 Å². The Balaban J connectivity index is 2.40. The molecule has 0 amide bonds. The lowest BCUT2D eigenvalue weighted by Gasteiger charge is -2.19. The second-order valence-electron chi connectivity index (χ2n) is 4.87. The largest absolute Gasteiger partial charge is 0.383 e. The van der Waals surface area contributed by atoms with Crippen LogP contribution in [-0.4, -0.2) is 29.7 Å². The number of hydrogen-bond acceptors (Lipinski definition) is 5. The van der Waals surface area contributed by atoms with E-state index in [1.54, 1.807) is 25.4 Å². The maximum atomic E-state index is 11.1. The van der Waals surface area contributed by atoms with Gasteiger partial charge in [-0.1, -0.05) is 13.3 Å². The maximum absolute atomic E-state index is 11.1. The van der Waals surface area contributed by atoms with Crippen molar-refractivity contribution in [1.82, 2.24) is 4.98 Å². The summed E-state index contributed by atoms with van der Waals surface area (Å²) < 4.78 is 5.22. The Bertz CT molecular complexity index is 625. The SMILES string of the molecule is CCCC(COC)Nc1ccc([N+](=O)[O-])c2ncccc12. The number of fused-ring (bicyclic) bond motifs is 1. The summed E-state index contributed by atoms with van der Waals surface area (Å²) in [5.74, 6) is 0. The minimum absolute atomic E-state index is 0.0231. The van der Waals surface area contributed by atoms with Crippen molar-refractivity contribution in [2.24, 2.45) is 0 Å². The molecule has 0 aliphatic carbocycles. The van der Waals surface area contributed by atoms with Gasteiger partial charge in [0.05, 0.1) is 11.5 Å². The monoisotopic (exact) mass is 289 g/mol. The summed E-state index contributed by atoms with van der Waals surface area (Å²) in [5.41, 5.74) is 1.27. The Morgan fingerprint density at radius 1 is 1.43 bits per heavy atom. The second-order valence-corrected chi connectivity index (χ2v) is 4.87. The fourth-order valence-electron chi connectivity index (χ4n) is 2.40. The maximum Gasteiger partial charge on any atom is 0.295 e. The highest BCUT2D eigenvalue weighted by molar-refractivity contribution is 5.96. The zero-order chi connectivity index (χ0) is 15.2. The zero-order valence-electron chi connectivity index (χ0n) is 12.2. The van der Waals surface area contributed by atoms with Crippen LogP contribution in [0, 0.1) is 10.1 Å². The molecule has 0 fully saturated rings. The number of aromatic nitrogens is 1. The first kappa shape index (κ1) is 15.2. The number of ether oxygens (including phenoxy) is 1. The van der Waals surface area contributed by atoms with Crippen LogP contribution in [0.2, 0.25) is 0 Å². The molecule has 0 aliphatic heterocycles. The summed E-state index contributed by atoms with van der Waals surface area (Å²) >= 11 is 0. The summed E-state index contributed by atoms with van der Waals surface area (Å²) in [7, 11) is 1.67. The molecule has 6 nitrogen and oxygen atoms in total. The van der Waals surface area contributed by atoms with Crippen molar-refractivity contribution in [3.63, 3.8) is 0 Å². The average Bonchev–Trinajstić information content (AvgIpc) is 2.47. The fourth-order valence-corrected chi connectivity index (χ4v) is 2.40. The third-order valence-electron chi connectivity index (χ3n) is 3.31. The van der Waals surface area contributed by atoms with Gasteiger partial charge in [-0.3, -0.25) is 10.1 Å². The summed E-state index contributed by atoms with van der Waals surface area (Å²) in [6, 6.07) is 7.02. The minimum Gasteiger partial charge on any atom is -0.383 e. The highest BCUT2D eigenvalue weighted by Crippen LogP contribution is 2.30. The van der Waals surface area contributed by atoms with Crippen molar-refractivity contribution < 1.29 is 9.66 Å². The lowest BCUT2D eigenvalue weighted by molar-refractivity contribution is -0.383. The van der Waals surface area contributed by atoms with Crippen LogP contribution in [0.4, 0.5) is 11.4 Å². The number of benzene rings is 1. The molecule has 1 unspecified atom stereocenters. The molecule has 112 valence electrons. The molecule has 2 aromatic rings. The van der Waals surface area contributed by atoms with Crippen LogP contribution in [0.1, 0.15) is 19.8 Å². The Hall–Kier alpha value is -2.21. The third-order valence-corrected chi connectivity index (χ3v) is 3.31. The molecule has 1 atom stereocenters. The molecule has 0 aliphatic rings. The molecule has 0 radical (unpaired) electrons. The number of pyridine rings is 1. The van der Waals surface area contributed by atoms with E-state index in [1.165, 1.54) is 6.07 Å². The molecule has 1 heterocycles. The van der Waals surface area contributed by atoms with E-state index in [9.17, 15) is 10.1 Å². The quantitative estimate of drug-likeness (QED) is 0.624. The Morgan fingerprint density at radius 2 is 2.24 bits per heavy atom. The van der Waals surface area contributed by atoms with Gasteiger partial charge in [0.15, 0.2) is 0 Å². The smallest absolute Gasteiger partial charge is 0.295 e. The Labute approximate surface area is 123 Å². The molecule has 2 rings (SSSR count).